The van der Waals surface area contributed by atoms with Crippen LogP contribution < -0.4 is 4.74 Å². The minimum Gasteiger partial charge on any atom is -0.492 e. The van der Waals surface area contributed by atoms with E-state index in [1.165, 1.54) is 17.8 Å². The molecule has 0 atom stereocenters. The highest BCUT2D eigenvalue weighted by Crippen LogP contribution is 2.36. The number of alkyl halides is 3. The molecule has 90 valence electrons. The first kappa shape index (κ1) is 13.2. The van der Waals surface area contributed by atoms with Crippen molar-refractivity contribution in [1.82, 2.24) is 0 Å². The topological polar surface area (TPSA) is 9.23 Å². The van der Waals surface area contributed by atoms with Crippen LogP contribution in [0.4, 0.5) is 13.2 Å². The van der Waals surface area contributed by atoms with Gasteiger partial charge in [-0.05, 0) is 30.9 Å². The van der Waals surface area contributed by atoms with Gasteiger partial charge in [0.25, 0.3) is 0 Å². The van der Waals surface area contributed by atoms with Crippen molar-refractivity contribution in [2.24, 2.45) is 0 Å². The smallest absolute Gasteiger partial charge is 0.416 e. The molecule has 0 fully saturated rings. The maximum absolute atomic E-state index is 12.5. The second kappa shape index (κ2) is 5.48. The molecule has 0 amide bonds. The molecule has 16 heavy (non-hydrogen) atoms. The van der Waals surface area contributed by atoms with Crippen LogP contribution in [0.25, 0.3) is 0 Å². The molecule has 0 saturated heterocycles. The number of ether oxygens (including phenoxy) is 1. The Morgan fingerprint density at radius 2 is 2.00 bits per heavy atom. The quantitative estimate of drug-likeness (QED) is 0.740. The average molecular weight is 250 g/mol. The zero-order chi connectivity index (χ0) is 12.2. The Morgan fingerprint density at radius 1 is 1.31 bits per heavy atom. The zero-order valence-corrected chi connectivity index (χ0v) is 9.91. The number of halogens is 3. The Bertz CT molecular complexity index is 350. The van der Waals surface area contributed by atoms with Gasteiger partial charge < -0.3 is 4.74 Å². The third-order valence-electron chi connectivity index (χ3n) is 1.95. The lowest BCUT2D eigenvalue weighted by Crippen LogP contribution is -2.06. The van der Waals surface area contributed by atoms with Gasteiger partial charge in [0.05, 0.1) is 12.2 Å². The summed E-state index contributed by atoms with van der Waals surface area (Å²) in [6.45, 7) is 2.33. The molecule has 0 aliphatic carbocycles. The predicted molar refractivity (Wildman–Crippen MR) is 59.0 cm³/mol. The van der Waals surface area contributed by atoms with Gasteiger partial charge in [-0.25, -0.2) is 0 Å². The Hall–Kier alpha value is -0.840. The first-order valence-electron chi connectivity index (χ1n) is 4.87. The Kier molecular flexibility index (Phi) is 4.53. The summed E-state index contributed by atoms with van der Waals surface area (Å²) in [4.78, 5) is 0.724. The van der Waals surface area contributed by atoms with E-state index < -0.39 is 11.7 Å². The van der Waals surface area contributed by atoms with Crippen molar-refractivity contribution in [2.45, 2.75) is 24.4 Å². The summed E-state index contributed by atoms with van der Waals surface area (Å²) in [5.41, 5.74) is -0.670. The minimum absolute atomic E-state index is 0.309. The highest BCUT2D eigenvalue weighted by molar-refractivity contribution is 7.98. The van der Waals surface area contributed by atoms with E-state index in [1.807, 2.05) is 6.92 Å². The molecule has 0 saturated carbocycles. The van der Waals surface area contributed by atoms with Crippen LogP contribution in [0.3, 0.4) is 0 Å². The number of hydrogen-bond acceptors (Lipinski definition) is 2. The zero-order valence-electron chi connectivity index (χ0n) is 9.10. The van der Waals surface area contributed by atoms with Crippen LogP contribution in [0.5, 0.6) is 5.75 Å². The highest BCUT2D eigenvalue weighted by atomic mass is 32.2. The van der Waals surface area contributed by atoms with Gasteiger partial charge in [0, 0.05) is 4.90 Å². The monoisotopic (exact) mass is 250 g/mol. The van der Waals surface area contributed by atoms with Crippen molar-refractivity contribution in [3.63, 3.8) is 0 Å². The van der Waals surface area contributed by atoms with E-state index in [1.54, 1.807) is 6.26 Å². The van der Waals surface area contributed by atoms with Gasteiger partial charge in [0.15, 0.2) is 0 Å². The van der Waals surface area contributed by atoms with Crippen molar-refractivity contribution >= 4 is 11.8 Å². The molecule has 0 unspecified atom stereocenters. The van der Waals surface area contributed by atoms with Crippen LogP contribution in [0.2, 0.25) is 0 Å². The molecule has 1 aromatic carbocycles. The lowest BCUT2D eigenvalue weighted by Gasteiger charge is -2.12. The largest absolute Gasteiger partial charge is 0.492 e. The summed E-state index contributed by atoms with van der Waals surface area (Å²) in [6, 6.07) is 3.57. The first-order chi connectivity index (χ1) is 7.49. The highest BCUT2D eigenvalue weighted by Gasteiger charge is 2.31. The lowest BCUT2D eigenvalue weighted by atomic mass is 10.2. The predicted octanol–water partition coefficient (Wildman–Crippen LogP) is 4.22. The Balaban J connectivity index is 3.01. The van der Waals surface area contributed by atoms with Crippen molar-refractivity contribution in [3.8, 4) is 5.75 Å². The molecule has 0 aromatic heterocycles. The third-order valence-corrected chi connectivity index (χ3v) is 2.73. The normalized spacial score (nSPS) is 11.6. The van der Waals surface area contributed by atoms with E-state index in [0.29, 0.717) is 12.4 Å². The van der Waals surface area contributed by atoms with Gasteiger partial charge in [0.2, 0.25) is 0 Å². The van der Waals surface area contributed by atoms with Gasteiger partial charge in [-0.1, -0.05) is 6.92 Å². The fraction of sp³-hybridized carbons (Fsp3) is 0.455. The van der Waals surface area contributed by atoms with E-state index in [0.717, 1.165) is 23.4 Å². The van der Waals surface area contributed by atoms with Gasteiger partial charge in [-0.2, -0.15) is 13.2 Å². The van der Waals surface area contributed by atoms with Crippen LogP contribution in [-0.4, -0.2) is 12.9 Å². The minimum atomic E-state index is -4.32. The molecule has 5 heteroatoms. The number of thioether (sulfide) groups is 1. The molecule has 0 radical (unpaired) electrons. The fourth-order valence-electron chi connectivity index (χ4n) is 1.18. The maximum Gasteiger partial charge on any atom is 0.416 e. The summed E-state index contributed by atoms with van der Waals surface area (Å²) in [5.74, 6) is 0.309. The van der Waals surface area contributed by atoms with E-state index in [9.17, 15) is 13.2 Å². The maximum atomic E-state index is 12.5. The third kappa shape index (κ3) is 3.33. The Labute approximate surface area is 97.0 Å². The lowest BCUT2D eigenvalue weighted by molar-refractivity contribution is -0.137. The number of benzene rings is 1. The standard InChI is InChI=1S/C11H13F3OS/c1-3-6-15-9-7-8(11(12,13)14)4-5-10(9)16-2/h4-5,7H,3,6H2,1-2H3. The average Bonchev–Trinajstić information content (AvgIpc) is 2.24. The molecule has 0 bridgehead atoms. The van der Waals surface area contributed by atoms with Crippen LogP contribution in [-0.2, 0) is 6.18 Å². The van der Waals surface area contributed by atoms with E-state index in [2.05, 4.69) is 0 Å². The summed E-state index contributed by atoms with van der Waals surface area (Å²) in [7, 11) is 0. The SMILES string of the molecule is CCCOc1cc(C(F)(F)F)ccc1SC. The van der Waals surface area contributed by atoms with E-state index >= 15 is 0 Å². The molecule has 0 heterocycles. The molecule has 1 rings (SSSR count). The molecule has 0 aliphatic rings. The summed E-state index contributed by atoms with van der Waals surface area (Å²) in [5, 5.41) is 0. The number of rotatable bonds is 4. The van der Waals surface area contributed by atoms with E-state index in [4.69, 9.17) is 4.74 Å². The molecule has 0 spiro atoms. The summed E-state index contributed by atoms with van der Waals surface area (Å²) >= 11 is 1.37. The fourth-order valence-corrected chi connectivity index (χ4v) is 1.70. The molecule has 1 nitrogen and oxygen atoms in total. The molecule has 0 aliphatic heterocycles. The summed E-state index contributed by atoms with van der Waals surface area (Å²) in [6.07, 6.45) is -1.74. The summed E-state index contributed by atoms with van der Waals surface area (Å²) < 4.78 is 42.7. The number of hydrogen-bond donors (Lipinski definition) is 0. The van der Waals surface area contributed by atoms with Crippen molar-refractivity contribution in [2.75, 3.05) is 12.9 Å². The molecular formula is C11H13F3OS. The van der Waals surface area contributed by atoms with Gasteiger partial charge >= 0.3 is 6.18 Å². The van der Waals surface area contributed by atoms with Gasteiger partial charge in [-0.3, -0.25) is 0 Å². The second-order valence-electron chi connectivity index (χ2n) is 3.21. The second-order valence-corrected chi connectivity index (χ2v) is 4.06. The van der Waals surface area contributed by atoms with Crippen molar-refractivity contribution in [3.05, 3.63) is 23.8 Å². The molecule has 0 N–H and O–H groups in total. The van der Waals surface area contributed by atoms with Crippen molar-refractivity contribution < 1.29 is 17.9 Å². The van der Waals surface area contributed by atoms with Crippen LogP contribution >= 0.6 is 11.8 Å². The Morgan fingerprint density at radius 3 is 2.50 bits per heavy atom. The van der Waals surface area contributed by atoms with E-state index in [-0.39, 0.29) is 0 Å². The first-order valence-corrected chi connectivity index (χ1v) is 6.09. The van der Waals surface area contributed by atoms with Crippen LogP contribution in [0.1, 0.15) is 18.9 Å². The van der Waals surface area contributed by atoms with Crippen LogP contribution in [0.15, 0.2) is 23.1 Å². The van der Waals surface area contributed by atoms with Crippen molar-refractivity contribution in [1.29, 1.82) is 0 Å². The van der Waals surface area contributed by atoms with Crippen LogP contribution in [0, 0.1) is 0 Å². The molecular weight excluding hydrogens is 237 g/mol. The molecule has 1 aromatic rings. The van der Waals surface area contributed by atoms with Gasteiger partial charge in [-0.15, -0.1) is 11.8 Å². The van der Waals surface area contributed by atoms with Gasteiger partial charge in [0.1, 0.15) is 5.75 Å².